The number of phenols is 1. The van der Waals surface area contributed by atoms with Crippen LogP contribution in [0.2, 0.25) is 0 Å². The largest absolute Gasteiger partial charge is 0.508 e. The summed E-state index contributed by atoms with van der Waals surface area (Å²) in [6.45, 7) is 0.419. The minimum absolute atomic E-state index is 0.00410. The molecule has 0 aliphatic carbocycles. The van der Waals surface area contributed by atoms with Crippen LogP contribution in [0.5, 0.6) is 5.75 Å². The number of likely N-dealkylation sites (tertiary alicyclic amines) is 1. The maximum atomic E-state index is 14.0. The number of hydrogen-bond acceptors (Lipinski definition) is 13. The molecule has 25 nitrogen and oxygen atoms in total. The van der Waals surface area contributed by atoms with Gasteiger partial charge in [0.25, 0.3) is 0 Å². The number of nitrogens with two attached hydrogens (primary N) is 5. The number of benzene rings is 3. The summed E-state index contributed by atoms with van der Waals surface area (Å²) >= 11 is 0. The molecule has 10 amide bonds. The second kappa shape index (κ2) is 29.9. The van der Waals surface area contributed by atoms with Crippen LogP contribution in [-0.2, 0) is 67.2 Å². The highest BCUT2D eigenvalue weighted by Gasteiger charge is 2.38. The Morgan fingerprint density at radius 1 is 0.671 bits per heavy atom. The molecule has 1 aliphatic rings. The average molecular weight is 1060 g/mol. The van der Waals surface area contributed by atoms with Crippen molar-refractivity contribution >= 4 is 65.0 Å². The lowest BCUT2D eigenvalue weighted by molar-refractivity contribution is -0.142. The first-order valence-corrected chi connectivity index (χ1v) is 24.7. The number of amides is 10. The topological polar surface area (TPSA) is 412 Å². The van der Waals surface area contributed by atoms with Crippen LogP contribution in [0.1, 0.15) is 62.1 Å². The molecule has 1 heterocycles. The minimum Gasteiger partial charge on any atom is -0.508 e. The summed E-state index contributed by atoms with van der Waals surface area (Å²) in [6, 6.07) is 15.3. The van der Waals surface area contributed by atoms with E-state index in [4.69, 9.17) is 28.7 Å². The van der Waals surface area contributed by atoms with Crippen molar-refractivity contribution in [2.45, 2.75) is 107 Å². The normalized spacial score (nSPS) is 15.2. The molecule has 0 saturated carbocycles. The summed E-state index contributed by atoms with van der Waals surface area (Å²) in [4.78, 5) is 139. The molecule has 1 saturated heterocycles. The van der Waals surface area contributed by atoms with Crippen LogP contribution in [-0.4, -0.2) is 155 Å². The Balaban J connectivity index is 1.40. The molecule has 3 aromatic carbocycles. The van der Waals surface area contributed by atoms with Gasteiger partial charge in [-0.2, -0.15) is 0 Å². The Bertz CT molecular complexity index is 2530. The van der Waals surface area contributed by atoms with Crippen molar-refractivity contribution in [3.8, 4) is 5.75 Å². The Hall–Kier alpha value is -8.61. The van der Waals surface area contributed by atoms with Gasteiger partial charge < -0.3 is 75.5 Å². The lowest BCUT2D eigenvalue weighted by atomic mass is 10.0. The van der Waals surface area contributed by atoms with Gasteiger partial charge in [0.1, 0.15) is 42.0 Å². The van der Waals surface area contributed by atoms with E-state index in [0.717, 1.165) is 4.90 Å². The molecular formula is C51H70N14O11. The van der Waals surface area contributed by atoms with Gasteiger partial charge in [-0.3, -0.25) is 52.9 Å². The highest BCUT2D eigenvalue weighted by atomic mass is 16.3. The third-order valence-electron chi connectivity index (χ3n) is 12.5. The summed E-state index contributed by atoms with van der Waals surface area (Å²) in [6.07, 6.45) is 0.209. The van der Waals surface area contributed by atoms with E-state index in [1.54, 1.807) is 72.8 Å². The molecule has 17 N–H and O–H groups in total. The summed E-state index contributed by atoms with van der Waals surface area (Å²) in [5.41, 5.74) is 30.1. The van der Waals surface area contributed by atoms with Crippen molar-refractivity contribution in [1.29, 1.82) is 0 Å². The van der Waals surface area contributed by atoms with Gasteiger partial charge in [-0.25, -0.2) is 0 Å². The first kappa shape index (κ1) is 59.9. The molecule has 0 radical (unpaired) electrons. The van der Waals surface area contributed by atoms with Gasteiger partial charge in [0, 0.05) is 39.4 Å². The highest BCUT2D eigenvalue weighted by Crippen LogP contribution is 2.19. The Kier molecular flexibility index (Phi) is 23.6. The number of carbonyl (C=O) groups excluding carboxylic acids is 10. The van der Waals surface area contributed by atoms with E-state index < -0.39 is 114 Å². The zero-order valence-electron chi connectivity index (χ0n) is 42.6. The fourth-order valence-corrected chi connectivity index (χ4v) is 8.15. The van der Waals surface area contributed by atoms with Crippen molar-refractivity contribution in [1.82, 2.24) is 41.7 Å². The summed E-state index contributed by atoms with van der Waals surface area (Å²) in [5.74, 6) is -7.62. The average Bonchev–Trinajstić information content (AvgIpc) is 3.89. The van der Waals surface area contributed by atoms with Crippen molar-refractivity contribution in [2.24, 2.45) is 33.7 Å². The fraction of sp³-hybridized carbons (Fsp3) is 0.431. The standard InChI is InChI=1S/C51H70N14O11/c1-30(60-46(72)35(52)25-33-17-19-34(66)20-18-33)45(71)58-28-42(68)64(2)40(27-32-13-7-4-8-14-32)49(75)59-29-43(69)65-24-10-16-39(65)50(76)62-37(21-22-41(53)67)48(74)61-36(15-9-23-57-51(55)56)47(73)63-38(44(54)70)26-31-11-5-3-6-12-31/h3-8,11-14,17-20,30,35-40,66H,9-10,15-16,21-29,52H2,1-2H3,(H2,53,67)(H2,54,70)(H,58,71)(H,59,75)(H,60,72)(H,61,74)(H,62,76)(H,63,73)(H4,55,56,57)/t30-,35+,36+,37+,38+,39+,40+/m1/s1. The highest BCUT2D eigenvalue weighted by molar-refractivity contribution is 5.97. The lowest BCUT2D eigenvalue weighted by Crippen LogP contribution is -2.58. The number of nitrogens with one attached hydrogen (secondary N) is 6. The van der Waals surface area contributed by atoms with E-state index in [-0.39, 0.29) is 76.2 Å². The second-order valence-corrected chi connectivity index (χ2v) is 18.3. The molecule has 3 aromatic rings. The van der Waals surface area contributed by atoms with Crippen molar-refractivity contribution in [2.75, 3.05) is 33.2 Å². The van der Waals surface area contributed by atoms with Crippen LogP contribution in [0, 0.1) is 0 Å². The van der Waals surface area contributed by atoms with E-state index in [9.17, 15) is 53.1 Å². The van der Waals surface area contributed by atoms with Crippen LogP contribution in [0.15, 0.2) is 89.9 Å². The number of rotatable bonds is 29. The predicted molar refractivity (Wildman–Crippen MR) is 278 cm³/mol. The van der Waals surface area contributed by atoms with Gasteiger partial charge in [-0.1, -0.05) is 72.8 Å². The zero-order chi connectivity index (χ0) is 55.9. The van der Waals surface area contributed by atoms with Crippen LogP contribution >= 0.6 is 0 Å². The number of aliphatic imine (C=N–C) groups is 1. The number of aromatic hydroxyl groups is 1. The molecule has 410 valence electrons. The third kappa shape index (κ3) is 19.7. The number of phenolic OH excluding ortho intramolecular Hbond substituents is 1. The van der Waals surface area contributed by atoms with Crippen LogP contribution in [0.3, 0.4) is 0 Å². The molecule has 4 rings (SSSR count). The fourth-order valence-electron chi connectivity index (χ4n) is 8.15. The summed E-state index contributed by atoms with van der Waals surface area (Å²) < 4.78 is 0. The van der Waals surface area contributed by atoms with Crippen molar-refractivity contribution in [3.63, 3.8) is 0 Å². The molecule has 1 fully saturated rings. The smallest absolute Gasteiger partial charge is 0.243 e. The minimum atomic E-state index is -1.44. The van der Waals surface area contributed by atoms with E-state index in [0.29, 0.717) is 23.1 Å². The zero-order valence-corrected chi connectivity index (χ0v) is 42.6. The van der Waals surface area contributed by atoms with Crippen LogP contribution < -0.4 is 60.6 Å². The Labute approximate surface area is 439 Å². The van der Waals surface area contributed by atoms with E-state index in [1.807, 2.05) is 0 Å². The number of likely N-dealkylation sites (N-methyl/N-ethyl adjacent to an activating group) is 1. The van der Waals surface area contributed by atoms with Gasteiger partial charge in [-0.05, 0) is 74.3 Å². The molecule has 0 unspecified atom stereocenters. The quantitative estimate of drug-likeness (QED) is 0.0183. The molecule has 0 aromatic heterocycles. The second-order valence-electron chi connectivity index (χ2n) is 18.3. The van der Waals surface area contributed by atoms with Crippen LogP contribution in [0.25, 0.3) is 0 Å². The molecular weight excluding hydrogens is 985 g/mol. The molecule has 7 atom stereocenters. The van der Waals surface area contributed by atoms with Gasteiger partial charge in [0.15, 0.2) is 5.96 Å². The Morgan fingerprint density at radius 2 is 1.24 bits per heavy atom. The van der Waals surface area contributed by atoms with Crippen LogP contribution in [0.4, 0.5) is 0 Å². The molecule has 76 heavy (non-hydrogen) atoms. The van der Waals surface area contributed by atoms with Gasteiger partial charge in [0.05, 0.1) is 19.1 Å². The van der Waals surface area contributed by atoms with Crippen molar-refractivity contribution < 1.29 is 53.1 Å². The van der Waals surface area contributed by atoms with Gasteiger partial charge in [-0.15, -0.1) is 0 Å². The third-order valence-corrected chi connectivity index (χ3v) is 12.5. The number of nitrogens with zero attached hydrogens (tertiary/aromatic N) is 3. The summed E-state index contributed by atoms with van der Waals surface area (Å²) in [7, 11) is 1.36. The molecule has 0 spiro atoms. The first-order chi connectivity index (χ1) is 36.1. The molecule has 0 bridgehead atoms. The predicted octanol–water partition coefficient (Wildman–Crippen LogP) is -3.44. The summed E-state index contributed by atoms with van der Waals surface area (Å²) in [5, 5.41) is 24.9. The number of primary amides is 2. The number of hydrogen-bond donors (Lipinski definition) is 12. The van der Waals surface area contributed by atoms with E-state index >= 15 is 0 Å². The maximum absolute atomic E-state index is 14.0. The maximum Gasteiger partial charge on any atom is 0.243 e. The first-order valence-electron chi connectivity index (χ1n) is 24.7. The SMILES string of the molecule is C[C@@H](NC(=O)[C@@H](N)Cc1ccc(O)cc1)C(=O)NCC(=O)N(C)[C@@H](Cc1ccccc1)C(=O)NCC(=O)N1CCC[C@H]1C(=O)N[C@@H](CCC(N)=O)C(=O)N[C@@H](CCCN=C(N)N)C(=O)N[C@@H](Cc1ccccc1)C(N)=O. The lowest BCUT2D eigenvalue weighted by Gasteiger charge is -2.29. The molecule has 1 aliphatic heterocycles. The van der Waals surface area contributed by atoms with Crippen molar-refractivity contribution in [3.05, 3.63) is 102 Å². The molecule has 25 heteroatoms. The van der Waals surface area contributed by atoms with E-state index in [2.05, 4.69) is 36.9 Å². The van der Waals surface area contributed by atoms with Gasteiger partial charge >= 0.3 is 0 Å². The monoisotopic (exact) mass is 1050 g/mol. The number of carbonyl (C=O) groups is 10. The number of guanidine groups is 1. The van der Waals surface area contributed by atoms with Gasteiger partial charge in [0.2, 0.25) is 59.1 Å². The Morgan fingerprint density at radius 3 is 1.83 bits per heavy atom. The van der Waals surface area contributed by atoms with E-state index in [1.165, 1.54) is 31.0 Å².